The van der Waals surface area contributed by atoms with Crippen LogP contribution >= 0.6 is 0 Å². The number of aromatic nitrogens is 1. The van der Waals surface area contributed by atoms with Gasteiger partial charge in [0.1, 0.15) is 5.75 Å². The molecule has 1 aromatic carbocycles. The molecule has 6 heteroatoms. The van der Waals surface area contributed by atoms with E-state index in [1.807, 2.05) is 4.57 Å². The van der Waals surface area contributed by atoms with Crippen molar-refractivity contribution in [2.75, 3.05) is 6.61 Å². The van der Waals surface area contributed by atoms with E-state index >= 15 is 0 Å². The maximum atomic E-state index is 11.7. The maximum absolute atomic E-state index is 11.7. The summed E-state index contributed by atoms with van der Waals surface area (Å²) in [4.78, 5) is 23.0. The second-order valence-electron chi connectivity index (χ2n) is 5.15. The lowest BCUT2D eigenvalue weighted by Gasteiger charge is -2.09. The number of hydrogen-bond donors (Lipinski definition) is 2. The number of fused-ring (bicyclic) bond motifs is 1. The summed E-state index contributed by atoms with van der Waals surface area (Å²) in [7, 11) is 0. The highest BCUT2D eigenvalue weighted by molar-refractivity contribution is 6.10. The Bertz CT molecular complexity index is 744. The van der Waals surface area contributed by atoms with E-state index in [9.17, 15) is 14.7 Å². The van der Waals surface area contributed by atoms with Gasteiger partial charge in [0.15, 0.2) is 0 Å². The molecule has 1 aromatic heterocycles. The number of carbonyl (C=O) groups is 2. The van der Waals surface area contributed by atoms with Crippen LogP contribution < -0.4 is 10.5 Å². The molecule has 2 aromatic rings. The van der Waals surface area contributed by atoms with Crippen molar-refractivity contribution in [3.63, 3.8) is 0 Å². The third-order valence-corrected chi connectivity index (χ3v) is 3.65. The molecule has 3 N–H and O–H groups in total. The molecule has 3 rings (SSSR count). The van der Waals surface area contributed by atoms with Gasteiger partial charge in [-0.05, 0) is 31.9 Å². The van der Waals surface area contributed by atoms with Gasteiger partial charge in [-0.25, -0.2) is 4.79 Å². The van der Waals surface area contributed by atoms with Gasteiger partial charge in [0.05, 0.1) is 28.6 Å². The molecule has 1 amide bonds. The van der Waals surface area contributed by atoms with Gasteiger partial charge in [0, 0.05) is 12.2 Å². The highest BCUT2D eigenvalue weighted by Crippen LogP contribution is 2.41. The number of carboxylic acid groups (broad SMARTS) is 1. The van der Waals surface area contributed by atoms with Crippen LogP contribution in [0.15, 0.2) is 18.3 Å². The van der Waals surface area contributed by atoms with Crippen LogP contribution in [0.1, 0.15) is 46.5 Å². The number of ether oxygens (including phenoxy) is 1. The number of primary amides is 1. The fraction of sp³-hybridized carbons (Fsp3) is 0.333. The Balaban J connectivity index is 2.34. The zero-order valence-electron chi connectivity index (χ0n) is 11.6. The van der Waals surface area contributed by atoms with E-state index in [1.54, 1.807) is 19.2 Å². The summed E-state index contributed by atoms with van der Waals surface area (Å²) in [6.45, 7) is 2.19. The average molecular weight is 288 g/mol. The predicted octanol–water partition coefficient (Wildman–Crippen LogP) is 2.17. The Hall–Kier alpha value is -2.50. The van der Waals surface area contributed by atoms with Crippen LogP contribution in [0.3, 0.4) is 0 Å². The SMILES string of the molecule is CCOc1cc(C(=O)O)cc2c1c(C(N)=O)cn2C1CC1. The van der Waals surface area contributed by atoms with E-state index in [2.05, 4.69) is 0 Å². The first-order chi connectivity index (χ1) is 10.0. The molecule has 0 radical (unpaired) electrons. The van der Waals surface area contributed by atoms with Gasteiger partial charge in [-0.15, -0.1) is 0 Å². The van der Waals surface area contributed by atoms with Gasteiger partial charge < -0.3 is 20.1 Å². The zero-order chi connectivity index (χ0) is 15.1. The number of carboxylic acids is 1. The predicted molar refractivity (Wildman–Crippen MR) is 76.9 cm³/mol. The smallest absolute Gasteiger partial charge is 0.335 e. The van der Waals surface area contributed by atoms with Crippen molar-refractivity contribution >= 4 is 22.8 Å². The molecule has 21 heavy (non-hydrogen) atoms. The van der Waals surface area contributed by atoms with Crippen molar-refractivity contribution in [1.29, 1.82) is 0 Å². The highest BCUT2D eigenvalue weighted by Gasteiger charge is 2.28. The monoisotopic (exact) mass is 288 g/mol. The minimum absolute atomic E-state index is 0.141. The van der Waals surface area contributed by atoms with Crippen LogP contribution in [0.4, 0.5) is 0 Å². The van der Waals surface area contributed by atoms with Crippen LogP contribution in [0.5, 0.6) is 5.75 Å². The Morgan fingerprint density at radius 3 is 2.67 bits per heavy atom. The van der Waals surface area contributed by atoms with E-state index in [4.69, 9.17) is 10.5 Å². The molecule has 0 saturated heterocycles. The van der Waals surface area contributed by atoms with Gasteiger partial charge in [-0.3, -0.25) is 4.79 Å². The van der Waals surface area contributed by atoms with Crippen LogP contribution in [0.2, 0.25) is 0 Å². The van der Waals surface area contributed by atoms with E-state index in [-0.39, 0.29) is 5.56 Å². The lowest BCUT2D eigenvalue weighted by Crippen LogP contribution is -2.10. The largest absolute Gasteiger partial charge is 0.493 e. The summed E-state index contributed by atoms with van der Waals surface area (Å²) in [5.74, 6) is -1.17. The molecule has 1 aliphatic carbocycles. The lowest BCUT2D eigenvalue weighted by atomic mass is 10.1. The van der Waals surface area contributed by atoms with Crippen molar-refractivity contribution in [2.24, 2.45) is 5.73 Å². The number of benzene rings is 1. The Labute approximate surface area is 121 Å². The van der Waals surface area contributed by atoms with E-state index in [0.717, 1.165) is 12.8 Å². The Kier molecular flexibility index (Phi) is 3.08. The number of aromatic carboxylic acids is 1. The summed E-state index contributed by atoms with van der Waals surface area (Å²) >= 11 is 0. The summed E-state index contributed by atoms with van der Waals surface area (Å²) in [5, 5.41) is 9.84. The van der Waals surface area contributed by atoms with Crippen LogP contribution in [-0.4, -0.2) is 28.2 Å². The molecule has 0 bridgehead atoms. The van der Waals surface area contributed by atoms with Gasteiger partial charge in [-0.1, -0.05) is 0 Å². The van der Waals surface area contributed by atoms with E-state index in [1.165, 1.54) is 6.07 Å². The fourth-order valence-electron chi connectivity index (χ4n) is 2.58. The first kappa shape index (κ1) is 13.5. The molecule has 1 fully saturated rings. The zero-order valence-corrected chi connectivity index (χ0v) is 11.6. The van der Waals surface area contributed by atoms with E-state index < -0.39 is 11.9 Å². The van der Waals surface area contributed by atoms with Gasteiger partial charge in [0.2, 0.25) is 0 Å². The number of amides is 1. The third kappa shape index (κ3) is 2.22. The molecule has 0 spiro atoms. The minimum atomic E-state index is -1.03. The molecule has 0 unspecified atom stereocenters. The normalized spacial score (nSPS) is 14.3. The molecule has 0 atom stereocenters. The lowest BCUT2D eigenvalue weighted by molar-refractivity contribution is 0.0696. The summed E-state index contributed by atoms with van der Waals surface area (Å²) in [6, 6.07) is 3.32. The second-order valence-corrected chi connectivity index (χ2v) is 5.15. The van der Waals surface area contributed by atoms with Crippen molar-refractivity contribution in [3.05, 3.63) is 29.5 Å². The quantitative estimate of drug-likeness (QED) is 0.881. The Morgan fingerprint density at radius 1 is 1.43 bits per heavy atom. The number of carbonyl (C=O) groups excluding carboxylic acids is 1. The van der Waals surface area contributed by atoms with Crippen molar-refractivity contribution in [2.45, 2.75) is 25.8 Å². The summed E-state index contributed by atoms with van der Waals surface area (Å²) in [6.07, 6.45) is 3.74. The number of nitrogens with two attached hydrogens (primary N) is 1. The highest BCUT2D eigenvalue weighted by atomic mass is 16.5. The molecule has 1 heterocycles. The van der Waals surface area contributed by atoms with Crippen LogP contribution in [0.25, 0.3) is 10.9 Å². The first-order valence-electron chi connectivity index (χ1n) is 6.87. The maximum Gasteiger partial charge on any atom is 0.335 e. The van der Waals surface area contributed by atoms with Gasteiger partial charge in [0.25, 0.3) is 5.91 Å². The molecule has 110 valence electrons. The first-order valence-corrected chi connectivity index (χ1v) is 6.87. The average Bonchev–Trinajstić information content (AvgIpc) is 3.19. The van der Waals surface area contributed by atoms with Crippen molar-refractivity contribution in [1.82, 2.24) is 4.57 Å². The number of nitrogens with zero attached hydrogens (tertiary/aromatic N) is 1. The molecule has 0 aliphatic heterocycles. The second kappa shape index (κ2) is 4.80. The molecule has 1 saturated carbocycles. The Morgan fingerprint density at radius 2 is 2.14 bits per heavy atom. The molecular formula is C15H16N2O4. The van der Waals surface area contributed by atoms with Crippen LogP contribution in [0, 0.1) is 0 Å². The van der Waals surface area contributed by atoms with Crippen molar-refractivity contribution in [3.8, 4) is 5.75 Å². The minimum Gasteiger partial charge on any atom is -0.493 e. The fourth-order valence-corrected chi connectivity index (χ4v) is 2.58. The standard InChI is InChI=1S/C15H16N2O4/c1-2-21-12-6-8(15(19)20)5-11-13(12)10(14(16)18)7-17(11)9-3-4-9/h5-7,9H,2-4H2,1H3,(H2,16,18)(H,19,20). The molecular weight excluding hydrogens is 272 g/mol. The van der Waals surface area contributed by atoms with E-state index in [0.29, 0.717) is 34.9 Å². The van der Waals surface area contributed by atoms with Gasteiger partial charge >= 0.3 is 5.97 Å². The van der Waals surface area contributed by atoms with Crippen molar-refractivity contribution < 1.29 is 19.4 Å². The summed E-state index contributed by atoms with van der Waals surface area (Å²) in [5.41, 5.74) is 6.66. The molecule has 6 nitrogen and oxygen atoms in total. The number of rotatable bonds is 5. The summed E-state index contributed by atoms with van der Waals surface area (Å²) < 4.78 is 7.46. The third-order valence-electron chi connectivity index (χ3n) is 3.65. The van der Waals surface area contributed by atoms with Crippen LogP contribution in [-0.2, 0) is 0 Å². The topological polar surface area (TPSA) is 94.6 Å². The molecule has 1 aliphatic rings. The number of hydrogen-bond acceptors (Lipinski definition) is 3. The van der Waals surface area contributed by atoms with Gasteiger partial charge in [-0.2, -0.15) is 0 Å².